The van der Waals surface area contributed by atoms with Gasteiger partial charge in [0.05, 0.1) is 6.54 Å². The quantitative estimate of drug-likeness (QED) is 0.708. The van der Waals surface area contributed by atoms with Crippen molar-refractivity contribution in [3.63, 3.8) is 0 Å². The molecule has 1 atom stereocenters. The van der Waals surface area contributed by atoms with Crippen LogP contribution in [0.1, 0.15) is 11.8 Å². The summed E-state index contributed by atoms with van der Waals surface area (Å²) in [6, 6.07) is 3.73. The van der Waals surface area contributed by atoms with Crippen LogP contribution in [0.3, 0.4) is 0 Å². The number of halogens is 3. The van der Waals surface area contributed by atoms with E-state index >= 15 is 0 Å². The highest BCUT2D eigenvalue weighted by atomic mass is 32.1. The minimum Gasteiger partial charge on any atom is -0.480 e. The van der Waals surface area contributed by atoms with Crippen molar-refractivity contribution in [2.75, 3.05) is 13.1 Å². The lowest BCUT2D eigenvalue weighted by Gasteiger charge is -2.28. The van der Waals surface area contributed by atoms with Crippen LogP contribution in [0.15, 0.2) is 17.5 Å². The predicted molar refractivity (Wildman–Crippen MR) is 71.1 cm³/mol. The summed E-state index contributed by atoms with van der Waals surface area (Å²) in [4.78, 5) is 23.2. The van der Waals surface area contributed by atoms with Gasteiger partial charge in [-0.3, -0.25) is 10.1 Å². The Hall–Kier alpha value is -1.61. The number of hydrogen-bond acceptors (Lipinski definition) is 4. The standard InChI is InChI=1S/C12H15F3N2O3S/c1-11(10(19)20,12(13,14)15)17-7-9(18)16-5-4-8-3-2-6-21-8/h2-3,6,17H,4-5,7H2,1H3,(H,16,18)(H,19,20). The number of alkyl halides is 3. The van der Waals surface area contributed by atoms with Crippen LogP contribution in [0.25, 0.3) is 0 Å². The van der Waals surface area contributed by atoms with E-state index in [1.807, 2.05) is 17.5 Å². The summed E-state index contributed by atoms with van der Waals surface area (Å²) >= 11 is 1.51. The van der Waals surface area contributed by atoms with Gasteiger partial charge in [-0.05, 0) is 24.8 Å². The Morgan fingerprint density at radius 2 is 2.05 bits per heavy atom. The molecule has 0 aliphatic heterocycles. The van der Waals surface area contributed by atoms with E-state index in [9.17, 15) is 22.8 Å². The van der Waals surface area contributed by atoms with Crippen LogP contribution in [0, 0.1) is 0 Å². The van der Waals surface area contributed by atoms with Crippen molar-refractivity contribution in [1.82, 2.24) is 10.6 Å². The molecule has 1 rings (SSSR count). The topological polar surface area (TPSA) is 78.4 Å². The first-order valence-corrected chi connectivity index (χ1v) is 6.89. The van der Waals surface area contributed by atoms with Crippen molar-refractivity contribution in [2.24, 2.45) is 0 Å². The van der Waals surface area contributed by atoms with Gasteiger partial charge in [-0.25, -0.2) is 4.79 Å². The van der Waals surface area contributed by atoms with Crippen molar-refractivity contribution in [3.05, 3.63) is 22.4 Å². The first kappa shape index (κ1) is 17.4. The molecule has 0 aromatic carbocycles. The number of aliphatic carboxylic acids is 1. The van der Waals surface area contributed by atoms with Crippen LogP contribution in [0.2, 0.25) is 0 Å². The highest BCUT2D eigenvalue weighted by Gasteiger charge is 2.57. The van der Waals surface area contributed by atoms with Crippen LogP contribution < -0.4 is 10.6 Å². The van der Waals surface area contributed by atoms with E-state index in [1.54, 1.807) is 5.32 Å². The maximum absolute atomic E-state index is 12.7. The third-order valence-electron chi connectivity index (χ3n) is 2.87. The highest BCUT2D eigenvalue weighted by Crippen LogP contribution is 2.30. The molecule has 1 aromatic heterocycles. The van der Waals surface area contributed by atoms with Crippen LogP contribution in [-0.4, -0.2) is 41.8 Å². The molecule has 0 saturated heterocycles. The number of rotatable bonds is 7. The molecule has 1 amide bonds. The fraction of sp³-hybridized carbons (Fsp3) is 0.500. The van der Waals surface area contributed by atoms with Gasteiger partial charge < -0.3 is 10.4 Å². The van der Waals surface area contributed by atoms with E-state index in [4.69, 9.17) is 5.11 Å². The smallest absolute Gasteiger partial charge is 0.417 e. The molecule has 118 valence electrons. The fourth-order valence-corrected chi connectivity index (χ4v) is 2.11. The van der Waals surface area contributed by atoms with E-state index in [1.165, 1.54) is 11.3 Å². The van der Waals surface area contributed by atoms with Crippen molar-refractivity contribution in [1.29, 1.82) is 0 Å². The maximum Gasteiger partial charge on any atom is 0.417 e. The van der Waals surface area contributed by atoms with E-state index in [0.717, 1.165) is 4.88 Å². The van der Waals surface area contributed by atoms with Crippen LogP contribution in [-0.2, 0) is 16.0 Å². The van der Waals surface area contributed by atoms with Gasteiger partial charge in [-0.2, -0.15) is 13.2 Å². The zero-order chi connectivity index (χ0) is 16.1. The van der Waals surface area contributed by atoms with Crippen molar-refractivity contribution in [3.8, 4) is 0 Å². The number of hydrogen-bond donors (Lipinski definition) is 3. The van der Waals surface area contributed by atoms with Crippen molar-refractivity contribution in [2.45, 2.75) is 25.1 Å². The van der Waals surface area contributed by atoms with Crippen LogP contribution in [0.5, 0.6) is 0 Å². The monoisotopic (exact) mass is 324 g/mol. The summed E-state index contributed by atoms with van der Waals surface area (Å²) in [7, 11) is 0. The predicted octanol–water partition coefficient (Wildman–Crippen LogP) is 1.40. The normalized spacial score (nSPS) is 14.5. The largest absolute Gasteiger partial charge is 0.480 e. The summed E-state index contributed by atoms with van der Waals surface area (Å²) in [5, 5.41) is 14.7. The molecule has 21 heavy (non-hydrogen) atoms. The van der Waals surface area contributed by atoms with E-state index in [2.05, 4.69) is 5.32 Å². The molecule has 0 fully saturated rings. The summed E-state index contributed by atoms with van der Waals surface area (Å²) in [5.74, 6) is -2.77. The molecule has 0 spiro atoms. The molecule has 0 bridgehead atoms. The lowest BCUT2D eigenvalue weighted by atomic mass is 10.0. The first-order valence-electron chi connectivity index (χ1n) is 6.01. The Labute approximate surface area is 123 Å². The molecule has 0 aliphatic rings. The van der Waals surface area contributed by atoms with E-state index < -0.39 is 30.1 Å². The van der Waals surface area contributed by atoms with Gasteiger partial charge in [0.2, 0.25) is 11.4 Å². The Kier molecular flexibility index (Phi) is 5.73. The maximum atomic E-state index is 12.7. The van der Waals surface area contributed by atoms with Crippen molar-refractivity contribution >= 4 is 23.2 Å². The molecule has 1 heterocycles. The zero-order valence-corrected chi connectivity index (χ0v) is 12.0. The second-order valence-corrected chi connectivity index (χ2v) is 5.49. The number of nitrogens with one attached hydrogen (secondary N) is 2. The Balaban J connectivity index is 2.42. The van der Waals surface area contributed by atoms with Crippen LogP contribution >= 0.6 is 11.3 Å². The third kappa shape index (κ3) is 4.71. The molecular weight excluding hydrogens is 309 g/mol. The summed E-state index contributed by atoms with van der Waals surface area (Å²) in [6.07, 6.45) is -4.44. The Bertz CT molecular complexity index is 490. The van der Waals surface area contributed by atoms with Crippen LogP contribution in [0.4, 0.5) is 13.2 Å². The lowest BCUT2D eigenvalue weighted by molar-refractivity contribution is -0.205. The fourth-order valence-electron chi connectivity index (χ4n) is 1.40. The van der Waals surface area contributed by atoms with Crippen molar-refractivity contribution < 1.29 is 27.9 Å². The summed E-state index contributed by atoms with van der Waals surface area (Å²) in [5.41, 5.74) is -3.15. The second kappa shape index (κ2) is 6.90. The number of carboxylic acid groups (broad SMARTS) is 1. The Morgan fingerprint density at radius 1 is 1.38 bits per heavy atom. The van der Waals surface area contributed by atoms with Gasteiger partial charge in [0.1, 0.15) is 0 Å². The van der Waals surface area contributed by atoms with E-state index in [-0.39, 0.29) is 6.54 Å². The van der Waals surface area contributed by atoms with E-state index in [0.29, 0.717) is 13.3 Å². The third-order valence-corrected chi connectivity index (χ3v) is 3.81. The highest BCUT2D eigenvalue weighted by molar-refractivity contribution is 7.09. The van der Waals surface area contributed by atoms with Gasteiger partial charge in [0.15, 0.2) is 0 Å². The Morgan fingerprint density at radius 3 is 2.52 bits per heavy atom. The van der Waals surface area contributed by atoms with Gasteiger partial charge in [-0.1, -0.05) is 6.07 Å². The first-order chi connectivity index (χ1) is 9.67. The summed E-state index contributed by atoms with van der Waals surface area (Å²) < 4.78 is 38.0. The van der Waals surface area contributed by atoms with Gasteiger partial charge >= 0.3 is 12.1 Å². The molecule has 1 unspecified atom stereocenters. The molecule has 9 heteroatoms. The summed E-state index contributed by atoms with van der Waals surface area (Å²) in [6.45, 7) is 0.0256. The van der Waals surface area contributed by atoms with Gasteiger partial charge in [0, 0.05) is 11.4 Å². The minimum absolute atomic E-state index is 0.275. The number of thiophene rings is 1. The zero-order valence-electron chi connectivity index (χ0n) is 11.2. The average Bonchev–Trinajstić information content (AvgIpc) is 2.87. The molecule has 3 N–H and O–H groups in total. The number of carbonyl (C=O) groups is 2. The second-order valence-electron chi connectivity index (χ2n) is 4.46. The molecule has 1 aromatic rings. The molecule has 5 nitrogen and oxygen atoms in total. The number of amides is 1. The average molecular weight is 324 g/mol. The SMILES string of the molecule is CC(NCC(=O)NCCc1cccs1)(C(=O)O)C(F)(F)F. The number of carboxylic acids is 1. The number of carbonyl (C=O) groups excluding carboxylic acids is 1. The minimum atomic E-state index is -5.00. The molecular formula is C12H15F3N2O3S. The molecule has 0 saturated carbocycles. The lowest BCUT2D eigenvalue weighted by Crippen LogP contribution is -2.61. The molecule has 0 aliphatic carbocycles. The molecule has 0 radical (unpaired) electrons. The van der Waals surface area contributed by atoms with Gasteiger partial charge in [0.25, 0.3) is 0 Å². The van der Waals surface area contributed by atoms with Gasteiger partial charge in [-0.15, -0.1) is 11.3 Å².